The van der Waals surface area contributed by atoms with Crippen LogP contribution in [-0.2, 0) is 6.54 Å². The van der Waals surface area contributed by atoms with Gasteiger partial charge in [-0.15, -0.1) is 5.10 Å². The molecule has 2 aromatic carbocycles. The number of carbonyl (C=O) groups is 1. The SMILES string of the molecule is O=C(c1ccccc1)n1nc(-c2ccc(Cl)cc2)nc1NCc1ccco1. The van der Waals surface area contributed by atoms with Crippen LogP contribution in [0.4, 0.5) is 5.95 Å². The number of aromatic nitrogens is 3. The van der Waals surface area contributed by atoms with Gasteiger partial charge in [0.1, 0.15) is 5.76 Å². The van der Waals surface area contributed by atoms with E-state index >= 15 is 0 Å². The van der Waals surface area contributed by atoms with Crippen molar-refractivity contribution in [3.05, 3.63) is 89.3 Å². The van der Waals surface area contributed by atoms with Crippen LogP contribution in [0.25, 0.3) is 11.4 Å². The van der Waals surface area contributed by atoms with Crippen molar-refractivity contribution in [2.24, 2.45) is 0 Å². The standard InChI is InChI=1S/C20H15ClN4O2/c21-16-10-8-14(9-11-16)18-23-20(22-13-17-7-4-12-27-17)25(24-18)19(26)15-5-2-1-3-6-15/h1-12H,13H2,(H,22,23,24). The number of rotatable bonds is 5. The van der Waals surface area contributed by atoms with E-state index in [0.29, 0.717) is 28.9 Å². The Bertz CT molecular complexity index is 1040. The van der Waals surface area contributed by atoms with Gasteiger partial charge in [0.05, 0.1) is 12.8 Å². The highest BCUT2D eigenvalue weighted by Gasteiger charge is 2.18. The summed E-state index contributed by atoms with van der Waals surface area (Å²) < 4.78 is 6.59. The summed E-state index contributed by atoms with van der Waals surface area (Å²) >= 11 is 5.95. The molecule has 27 heavy (non-hydrogen) atoms. The quantitative estimate of drug-likeness (QED) is 0.553. The molecule has 0 radical (unpaired) electrons. The number of benzene rings is 2. The molecule has 4 aromatic rings. The summed E-state index contributed by atoms with van der Waals surface area (Å²) in [6.45, 7) is 0.383. The Morgan fingerprint density at radius 2 is 1.81 bits per heavy atom. The van der Waals surface area contributed by atoms with Gasteiger partial charge in [0, 0.05) is 16.1 Å². The lowest BCUT2D eigenvalue weighted by molar-refractivity contribution is 0.0947. The summed E-state index contributed by atoms with van der Waals surface area (Å²) in [5, 5.41) is 8.14. The molecule has 0 spiro atoms. The molecule has 0 aliphatic heterocycles. The molecule has 4 rings (SSSR count). The molecule has 0 aliphatic carbocycles. The van der Waals surface area contributed by atoms with E-state index in [0.717, 1.165) is 11.3 Å². The Kier molecular flexibility index (Phi) is 4.72. The third-order valence-electron chi connectivity index (χ3n) is 3.92. The minimum absolute atomic E-state index is 0.273. The molecular weight excluding hydrogens is 364 g/mol. The van der Waals surface area contributed by atoms with E-state index in [1.54, 1.807) is 48.7 Å². The maximum absolute atomic E-state index is 12.9. The zero-order valence-electron chi connectivity index (χ0n) is 14.2. The highest BCUT2D eigenvalue weighted by molar-refractivity contribution is 6.30. The Balaban J connectivity index is 1.70. The fraction of sp³-hybridized carbons (Fsp3) is 0.0500. The second-order valence-corrected chi connectivity index (χ2v) is 6.22. The average Bonchev–Trinajstić information content (AvgIpc) is 3.37. The van der Waals surface area contributed by atoms with Gasteiger partial charge in [-0.25, -0.2) is 0 Å². The van der Waals surface area contributed by atoms with Gasteiger partial charge < -0.3 is 9.73 Å². The molecule has 0 atom stereocenters. The lowest BCUT2D eigenvalue weighted by atomic mass is 10.2. The number of furan rings is 1. The Morgan fingerprint density at radius 1 is 1.04 bits per heavy atom. The van der Waals surface area contributed by atoms with Gasteiger partial charge in [0.25, 0.3) is 5.91 Å². The van der Waals surface area contributed by atoms with E-state index in [9.17, 15) is 4.79 Å². The van der Waals surface area contributed by atoms with Crippen molar-refractivity contribution in [2.75, 3.05) is 5.32 Å². The molecule has 0 fully saturated rings. The van der Waals surface area contributed by atoms with E-state index < -0.39 is 0 Å². The lowest BCUT2D eigenvalue weighted by Gasteiger charge is -2.05. The van der Waals surface area contributed by atoms with Crippen molar-refractivity contribution in [1.82, 2.24) is 14.8 Å². The van der Waals surface area contributed by atoms with E-state index in [4.69, 9.17) is 16.0 Å². The first-order chi connectivity index (χ1) is 13.2. The van der Waals surface area contributed by atoms with Crippen LogP contribution in [0, 0.1) is 0 Å². The zero-order chi connectivity index (χ0) is 18.6. The van der Waals surface area contributed by atoms with Crippen LogP contribution in [0.2, 0.25) is 5.02 Å². The second kappa shape index (κ2) is 7.47. The van der Waals surface area contributed by atoms with Crippen LogP contribution in [-0.4, -0.2) is 20.7 Å². The molecule has 0 saturated carbocycles. The van der Waals surface area contributed by atoms with E-state index in [1.807, 2.05) is 24.3 Å². The molecule has 0 amide bonds. The largest absolute Gasteiger partial charge is 0.467 e. The first-order valence-corrected chi connectivity index (χ1v) is 8.67. The van der Waals surface area contributed by atoms with Gasteiger partial charge in [-0.3, -0.25) is 4.79 Å². The van der Waals surface area contributed by atoms with Crippen LogP contribution in [0.15, 0.2) is 77.4 Å². The number of anilines is 1. The van der Waals surface area contributed by atoms with Gasteiger partial charge in [-0.05, 0) is 48.5 Å². The van der Waals surface area contributed by atoms with E-state index in [-0.39, 0.29) is 5.91 Å². The van der Waals surface area contributed by atoms with Crippen LogP contribution in [0.3, 0.4) is 0 Å². The van der Waals surface area contributed by atoms with Gasteiger partial charge in [0.2, 0.25) is 5.95 Å². The molecule has 0 bridgehead atoms. The van der Waals surface area contributed by atoms with Gasteiger partial charge in [-0.2, -0.15) is 9.67 Å². The third kappa shape index (κ3) is 3.75. The molecular formula is C20H15ClN4O2. The molecule has 7 heteroatoms. The monoisotopic (exact) mass is 378 g/mol. The fourth-order valence-electron chi connectivity index (χ4n) is 2.57. The third-order valence-corrected chi connectivity index (χ3v) is 4.18. The summed E-state index contributed by atoms with van der Waals surface area (Å²) in [5.74, 6) is 1.22. The number of nitrogens with one attached hydrogen (secondary N) is 1. The van der Waals surface area contributed by atoms with Crippen molar-refractivity contribution in [1.29, 1.82) is 0 Å². The molecule has 1 N–H and O–H groups in total. The van der Waals surface area contributed by atoms with Crippen LogP contribution in [0.5, 0.6) is 0 Å². The first kappa shape index (κ1) is 17.1. The Hall–Kier alpha value is -3.38. The van der Waals surface area contributed by atoms with Gasteiger partial charge in [0.15, 0.2) is 5.82 Å². The minimum Gasteiger partial charge on any atom is -0.467 e. The number of carbonyl (C=O) groups excluding carboxylic acids is 1. The smallest absolute Gasteiger partial charge is 0.281 e. The Morgan fingerprint density at radius 3 is 2.52 bits per heavy atom. The number of halogens is 1. The van der Waals surface area contributed by atoms with Crippen LogP contribution in [0.1, 0.15) is 16.1 Å². The summed E-state index contributed by atoms with van der Waals surface area (Å²) in [4.78, 5) is 17.4. The summed E-state index contributed by atoms with van der Waals surface area (Å²) in [6, 6.07) is 19.7. The normalized spacial score (nSPS) is 10.7. The molecule has 0 saturated heterocycles. The van der Waals surface area contributed by atoms with Crippen LogP contribution >= 0.6 is 11.6 Å². The first-order valence-electron chi connectivity index (χ1n) is 8.30. The summed E-state index contributed by atoms with van der Waals surface area (Å²) in [5.41, 5.74) is 1.28. The Labute approximate surface area is 160 Å². The zero-order valence-corrected chi connectivity index (χ0v) is 14.9. The number of nitrogens with zero attached hydrogens (tertiary/aromatic N) is 3. The molecule has 6 nitrogen and oxygen atoms in total. The molecule has 0 unspecified atom stereocenters. The van der Waals surface area contributed by atoms with Crippen molar-refractivity contribution in [2.45, 2.75) is 6.54 Å². The van der Waals surface area contributed by atoms with Crippen molar-refractivity contribution in [3.63, 3.8) is 0 Å². The maximum Gasteiger partial charge on any atom is 0.281 e. The van der Waals surface area contributed by atoms with Gasteiger partial charge in [-0.1, -0.05) is 29.8 Å². The topological polar surface area (TPSA) is 73.0 Å². The highest BCUT2D eigenvalue weighted by atomic mass is 35.5. The average molecular weight is 379 g/mol. The van der Waals surface area contributed by atoms with Crippen LogP contribution < -0.4 is 5.32 Å². The number of hydrogen-bond acceptors (Lipinski definition) is 5. The van der Waals surface area contributed by atoms with E-state index in [1.165, 1.54) is 4.68 Å². The van der Waals surface area contributed by atoms with Gasteiger partial charge >= 0.3 is 0 Å². The predicted octanol–water partition coefficient (Wildman–Crippen LogP) is 4.49. The van der Waals surface area contributed by atoms with Crippen molar-refractivity contribution in [3.8, 4) is 11.4 Å². The summed E-state index contributed by atoms with van der Waals surface area (Å²) in [7, 11) is 0. The lowest BCUT2D eigenvalue weighted by Crippen LogP contribution is -2.17. The van der Waals surface area contributed by atoms with Crippen molar-refractivity contribution < 1.29 is 9.21 Å². The predicted molar refractivity (Wildman–Crippen MR) is 103 cm³/mol. The summed E-state index contributed by atoms with van der Waals surface area (Å²) in [6.07, 6.45) is 1.59. The fourth-order valence-corrected chi connectivity index (χ4v) is 2.70. The minimum atomic E-state index is -0.273. The molecule has 2 heterocycles. The molecule has 134 valence electrons. The molecule has 2 aromatic heterocycles. The second-order valence-electron chi connectivity index (χ2n) is 5.78. The maximum atomic E-state index is 12.9. The highest BCUT2D eigenvalue weighted by Crippen LogP contribution is 2.21. The van der Waals surface area contributed by atoms with E-state index in [2.05, 4.69) is 15.4 Å². The number of hydrogen-bond donors (Lipinski definition) is 1. The molecule has 0 aliphatic rings. The van der Waals surface area contributed by atoms with Crippen molar-refractivity contribution >= 4 is 23.5 Å².